The van der Waals surface area contributed by atoms with E-state index in [4.69, 9.17) is 0 Å². The van der Waals surface area contributed by atoms with E-state index in [1.165, 1.54) is 25.2 Å². The molecule has 162 valence electrons. The van der Waals surface area contributed by atoms with Gasteiger partial charge in [-0.2, -0.15) is 17.5 Å². The normalized spacial score (nSPS) is 11.9. The SMILES string of the molecule is Cc1ccc(S(=O)(=O)N(C)CC(=O)NNC(=O)c2cccnc2SC(F)(F)F)cc1. The summed E-state index contributed by atoms with van der Waals surface area (Å²) in [5.41, 5.74) is -0.278. The number of hydrogen-bond acceptors (Lipinski definition) is 6. The fourth-order valence-electron chi connectivity index (χ4n) is 2.17. The van der Waals surface area contributed by atoms with E-state index in [2.05, 4.69) is 4.98 Å². The number of likely N-dealkylation sites (N-methyl/N-ethyl adjacent to an activating group) is 1. The van der Waals surface area contributed by atoms with E-state index in [0.29, 0.717) is 0 Å². The lowest BCUT2D eigenvalue weighted by atomic mass is 10.2. The number of hydrazine groups is 1. The Labute approximate surface area is 174 Å². The number of amides is 2. The second-order valence-corrected chi connectivity index (χ2v) is 9.08. The number of pyridine rings is 1. The molecule has 0 bridgehead atoms. The van der Waals surface area contributed by atoms with Crippen LogP contribution in [0.25, 0.3) is 0 Å². The summed E-state index contributed by atoms with van der Waals surface area (Å²) >= 11 is -0.570. The average molecular weight is 462 g/mol. The Morgan fingerprint density at radius 3 is 2.37 bits per heavy atom. The molecule has 2 aromatic rings. The highest BCUT2D eigenvalue weighted by Crippen LogP contribution is 2.37. The van der Waals surface area contributed by atoms with Crippen molar-refractivity contribution in [1.29, 1.82) is 0 Å². The first kappa shape index (κ1) is 23.6. The molecule has 1 aromatic carbocycles. The Morgan fingerprint density at radius 2 is 1.77 bits per heavy atom. The van der Waals surface area contributed by atoms with Crippen molar-refractivity contribution < 1.29 is 31.2 Å². The smallest absolute Gasteiger partial charge is 0.272 e. The zero-order valence-corrected chi connectivity index (χ0v) is 17.4. The highest BCUT2D eigenvalue weighted by Gasteiger charge is 2.32. The van der Waals surface area contributed by atoms with E-state index in [-0.39, 0.29) is 4.90 Å². The third-order valence-corrected chi connectivity index (χ3v) is 6.21. The van der Waals surface area contributed by atoms with Crippen LogP contribution in [0.3, 0.4) is 0 Å². The molecule has 2 amide bonds. The fourth-order valence-corrected chi connectivity index (χ4v) is 3.90. The maximum atomic E-state index is 12.6. The highest BCUT2D eigenvalue weighted by atomic mass is 32.2. The third-order valence-electron chi connectivity index (χ3n) is 3.64. The molecular formula is C17H17F3N4O4S2. The van der Waals surface area contributed by atoms with Crippen LogP contribution in [-0.2, 0) is 14.8 Å². The van der Waals surface area contributed by atoms with Gasteiger partial charge in [-0.1, -0.05) is 17.7 Å². The number of carbonyl (C=O) groups is 2. The minimum absolute atomic E-state index is 0.0170. The Hall–Kier alpha value is -2.64. The monoisotopic (exact) mass is 462 g/mol. The van der Waals surface area contributed by atoms with E-state index in [1.807, 2.05) is 10.9 Å². The van der Waals surface area contributed by atoms with E-state index in [9.17, 15) is 31.2 Å². The van der Waals surface area contributed by atoms with Gasteiger partial charge in [0, 0.05) is 25.0 Å². The molecule has 0 unspecified atom stereocenters. The number of nitrogens with one attached hydrogen (secondary N) is 2. The van der Waals surface area contributed by atoms with Crippen molar-refractivity contribution in [2.75, 3.05) is 13.6 Å². The van der Waals surface area contributed by atoms with Gasteiger partial charge in [-0.25, -0.2) is 13.4 Å². The van der Waals surface area contributed by atoms with Crippen LogP contribution in [0.2, 0.25) is 0 Å². The molecule has 0 saturated carbocycles. The number of carbonyl (C=O) groups excluding carboxylic acids is 2. The van der Waals surface area contributed by atoms with Crippen molar-refractivity contribution in [2.24, 2.45) is 0 Å². The number of benzene rings is 1. The van der Waals surface area contributed by atoms with Gasteiger partial charge in [0.05, 0.1) is 17.0 Å². The highest BCUT2D eigenvalue weighted by molar-refractivity contribution is 8.00. The molecule has 0 aliphatic carbocycles. The number of thioether (sulfide) groups is 1. The van der Waals surface area contributed by atoms with Crippen LogP contribution in [-0.4, -0.2) is 48.6 Å². The van der Waals surface area contributed by atoms with E-state index >= 15 is 0 Å². The molecule has 2 N–H and O–H groups in total. The Bertz CT molecular complexity index is 1030. The maximum absolute atomic E-state index is 12.6. The minimum atomic E-state index is -4.65. The molecule has 0 spiro atoms. The molecule has 2 rings (SSSR count). The van der Waals surface area contributed by atoms with E-state index in [0.717, 1.165) is 22.1 Å². The van der Waals surface area contributed by atoms with Gasteiger partial charge < -0.3 is 0 Å². The predicted octanol–water partition coefficient (Wildman–Crippen LogP) is 2.08. The van der Waals surface area contributed by atoms with Gasteiger partial charge in [0.2, 0.25) is 10.0 Å². The summed E-state index contributed by atoms with van der Waals surface area (Å²) in [4.78, 5) is 27.6. The van der Waals surface area contributed by atoms with Crippen molar-refractivity contribution in [3.05, 3.63) is 53.7 Å². The van der Waals surface area contributed by atoms with Gasteiger partial charge in [0.15, 0.2) is 0 Å². The lowest BCUT2D eigenvalue weighted by Gasteiger charge is -2.17. The lowest BCUT2D eigenvalue weighted by Crippen LogP contribution is -2.46. The maximum Gasteiger partial charge on any atom is 0.447 e. The molecule has 0 aliphatic heterocycles. The molecule has 8 nitrogen and oxygen atoms in total. The standard InChI is InChI=1S/C17H17F3N4O4S2/c1-11-5-7-12(8-6-11)30(27,28)24(2)10-14(25)22-23-15(26)13-4-3-9-21-16(13)29-17(18,19)20/h3-9H,10H2,1-2H3,(H,22,25)(H,23,26). The van der Waals surface area contributed by atoms with Gasteiger partial charge in [-0.3, -0.25) is 20.4 Å². The first-order chi connectivity index (χ1) is 13.9. The second kappa shape index (κ2) is 9.45. The Morgan fingerprint density at radius 1 is 1.13 bits per heavy atom. The molecule has 0 aliphatic rings. The van der Waals surface area contributed by atoms with Crippen LogP contribution >= 0.6 is 11.8 Å². The summed E-state index contributed by atoms with van der Waals surface area (Å²) in [7, 11) is -2.77. The molecule has 0 atom stereocenters. The topological polar surface area (TPSA) is 108 Å². The molecule has 13 heteroatoms. The molecular weight excluding hydrogens is 445 g/mol. The van der Waals surface area contributed by atoms with Crippen LogP contribution in [0.1, 0.15) is 15.9 Å². The van der Waals surface area contributed by atoms with Gasteiger partial charge in [-0.15, -0.1) is 0 Å². The number of hydrogen-bond donors (Lipinski definition) is 2. The van der Waals surface area contributed by atoms with Crippen LogP contribution in [0.5, 0.6) is 0 Å². The Balaban J connectivity index is 1.99. The molecule has 0 radical (unpaired) electrons. The summed E-state index contributed by atoms with van der Waals surface area (Å²) in [6.07, 6.45) is 1.09. The van der Waals surface area contributed by atoms with Gasteiger partial charge in [0.1, 0.15) is 5.03 Å². The lowest BCUT2D eigenvalue weighted by molar-refractivity contribution is -0.121. The number of nitrogens with zero attached hydrogens (tertiary/aromatic N) is 2. The summed E-state index contributed by atoms with van der Waals surface area (Å²) in [5, 5.41) is -0.587. The van der Waals surface area contributed by atoms with Crippen LogP contribution in [0, 0.1) is 6.92 Å². The van der Waals surface area contributed by atoms with Crippen molar-refractivity contribution in [3.8, 4) is 0 Å². The van der Waals surface area contributed by atoms with Crippen molar-refractivity contribution in [3.63, 3.8) is 0 Å². The van der Waals surface area contributed by atoms with Crippen LogP contribution in [0.15, 0.2) is 52.5 Å². The third kappa shape index (κ3) is 6.43. The number of aromatic nitrogens is 1. The zero-order valence-electron chi connectivity index (χ0n) is 15.7. The number of aryl methyl sites for hydroxylation is 1. The number of sulfonamides is 1. The molecule has 0 saturated heterocycles. The molecule has 30 heavy (non-hydrogen) atoms. The van der Waals surface area contributed by atoms with E-state index < -0.39 is 56.2 Å². The number of rotatable bonds is 6. The number of halogens is 3. The van der Waals surface area contributed by atoms with Crippen LogP contribution < -0.4 is 10.9 Å². The van der Waals surface area contributed by atoms with Gasteiger partial charge in [0.25, 0.3) is 11.8 Å². The largest absolute Gasteiger partial charge is 0.447 e. The molecule has 0 fully saturated rings. The summed E-state index contributed by atoms with van der Waals surface area (Å²) in [6, 6.07) is 8.36. The van der Waals surface area contributed by atoms with Crippen LogP contribution in [0.4, 0.5) is 13.2 Å². The number of alkyl halides is 3. The fraction of sp³-hybridized carbons (Fsp3) is 0.235. The zero-order chi connectivity index (χ0) is 22.5. The van der Waals surface area contributed by atoms with Crippen molar-refractivity contribution in [1.82, 2.24) is 20.1 Å². The summed E-state index contributed by atoms with van der Waals surface area (Å²) in [6.45, 7) is 1.16. The average Bonchev–Trinajstić information content (AvgIpc) is 2.65. The van der Waals surface area contributed by atoms with E-state index in [1.54, 1.807) is 19.1 Å². The summed E-state index contributed by atoms with van der Waals surface area (Å²) < 4.78 is 63.4. The van der Waals surface area contributed by atoms with Gasteiger partial charge in [-0.05, 0) is 31.2 Å². The molecule has 1 heterocycles. The Kier molecular flexibility index (Phi) is 7.44. The summed E-state index contributed by atoms with van der Waals surface area (Å²) in [5.74, 6) is -1.93. The first-order valence-electron chi connectivity index (χ1n) is 8.23. The first-order valence-corrected chi connectivity index (χ1v) is 10.5. The minimum Gasteiger partial charge on any atom is -0.272 e. The quantitative estimate of drug-likeness (QED) is 0.503. The van der Waals surface area contributed by atoms with Crippen molar-refractivity contribution >= 4 is 33.6 Å². The predicted molar refractivity (Wildman–Crippen MR) is 103 cm³/mol. The van der Waals surface area contributed by atoms with Crippen molar-refractivity contribution in [2.45, 2.75) is 22.4 Å². The molecule has 1 aromatic heterocycles. The second-order valence-electron chi connectivity index (χ2n) is 5.98. The van der Waals surface area contributed by atoms with Gasteiger partial charge >= 0.3 is 5.51 Å².